The number of hydrogen-bond acceptors (Lipinski definition) is 4. The third-order valence-electron chi connectivity index (χ3n) is 6.40. The van der Waals surface area contributed by atoms with Crippen LogP contribution in [0, 0.1) is 0 Å². The standard InChI is InChI=1S/C21H39N5O2/c1-18-8-3-5-11-24(18)12-6-4-10-23-21(22-2)26-15-13-25(14-16-26)20(27)19-9-7-17-28-19/h18-19H,3-17H2,1-2H3,(H,22,23). The molecule has 2 atom stereocenters. The fourth-order valence-electron chi connectivity index (χ4n) is 4.58. The van der Waals surface area contributed by atoms with Gasteiger partial charge in [0.05, 0.1) is 0 Å². The van der Waals surface area contributed by atoms with Crippen LogP contribution in [0.15, 0.2) is 4.99 Å². The van der Waals surface area contributed by atoms with Crippen LogP contribution in [-0.2, 0) is 9.53 Å². The molecule has 0 aromatic carbocycles. The van der Waals surface area contributed by atoms with E-state index in [1.165, 1.54) is 45.2 Å². The highest BCUT2D eigenvalue weighted by Crippen LogP contribution is 2.17. The molecule has 0 spiro atoms. The Balaban J connectivity index is 1.31. The Hall–Kier alpha value is -1.34. The van der Waals surface area contributed by atoms with Gasteiger partial charge in [-0.1, -0.05) is 6.42 Å². The van der Waals surface area contributed by atoms with Crippen molar-refractivity contribution >= 4 is 11.9 Å². The summed E-state index contributed by atoms with van der Waals surface area (Å²) in [7, 11) is 1.85. The number of piperidine rings is 1. The van der Waals surface area contributed by atoms with E-state index in [-0.39, 0.29) is 12.0 Å². The topological polar surface area (TPSA) is 60.4 Å². The highest BCUT2D eigenvalue weighted by atomic mass is 16.5. The fraction of sp³-hybridized carbons (Fsp3) is 0.905. The molecule has 0 saturated carbocycles. The highest BCUT2D eigenvalue weighted by Gasteiger charge is 2.30. The second-order valence-corrected chi connectivity index (χ2v) is 8.38. The third-order valence-corrected chi connectivity index (χ3v) is 6.40. The van der Waals surface area contributed by atoms with E-state index in [9.17, 15) is 4.79 Å². The molecule has 0 aromatic rings. The second kappa shape index (κ2) is 11.0. The smallest absolute Gasteiger partial charge is 0.251 e. The molecule has 3 aliphatic rings. The summed E-state index contributed by atoms with van der Waals surface area (Å²) < 4.78 is 5.55. The van der Waals surface area contributed by atoms with Crippen molar-refractivity contribution in [2.24, 2.45) is 4.99 Å². The van der Waals surface area contributed by atoms with Crippen molar-refractivity contribution < 1.29 is 9.53 Å². The number of unbranched alkanes of at least 4 members (excludes halogenated alkanes) is 1. The van der Waals surface area contributed by atoms with E-state index < -0.39 is 0 Å². The maximum atomic E-state index is 12.5. The van der Waals surface area contributed by atoms with Gasteiger partial charge in [0.15, 0.2) is 5.96 Å². The van der Waals surface area contributed by atoms with E-state index in [0.717, 1.165) is 64.2 Å². The van der Waals surface area contributed by atoms with Gasteiger partial charge < -0.3 is 24.8 Å². The molecular weight excluding hydrogens is 354 g/mol. The molecule has 1 N–H and O–H groups in total. The number of carbonyl (C=O) groups excluding carboxylic acids is 1. The van der Waals surface area contributed by atoms with Crippen molar-refractivity contribution in [2.75, 3.05) is 59.5 Å². The van der Waals surface area contributed by atoms with Gasteiger partial charge in [0.1, 0.15) is 6.10 Å². The van der Waals surface area contributed by atoms with Gasteiger partial charge in [0.25, 0.3) is 5.91 Å². The van der Waals surface area contributed by atoms with Gasteiger partial charge in [-0.05, 0) is 58.5 Å². The predicted molar refractivity (Wildman–Crippen MR) is 113 cm³/mol. The van der Waals surface area contributed by atoms with Crippen molar-refractivity contribution in [3.8, 4) is 0 Å². The maximum Gasteiger partial charge on any atom is 0.251 e. The number of nitrogens with one attached hydrogen (secondary N) is 1. The Morgan fingerprint density at radius 2 is 1.82 bits per heavy atom. The number of carbonyl (C=O) groups is 1. The molecule has 3 aliphatic heterocycles. The summed E-state index contributed by atoms with van der Waals surface area (Å²) in [5.41, 5.74) is 0. The molecule has 1 amide bonds. The first-order valence-corrected chi connectivity index (χ1v) is 11.3. The third kappa shape index (κ3) is 5.83. The Kier molecular flexibility index (Phi) is 8.40. The largest absolute Gasteiger partial charge is 0.368 e. The second-order valence-electron chi connectivity index (χ2n) is 8.38. The van der Waals surface area contributed by atoms with E-state index >= 15 is 0 Å². The maximum absolute atomic E-state index is 12.5. The molecule has 3 fully saturated rings. The molecule has 0 bridgehead atoms. The first kappa shape index (κ1) is 21.4. The number of guanidine groups is 1. The van der Waals surface area contributed by atoms with Crippen LogP contribution in [0.1, 0.15) is 51.9 Å². The zero-order chi connectivity index (χ0) is 19.8. The average molecular weight is 394 g/mol. The average Bonchev–Trinajstić information content (AvgIpc) is 3.26. The lowest BCUT2D eigenvalue weighted by atomic mass is 10.0. The first-order valence-electron chi connectivity index (χ1n) is 11.3. The van der Waals surface area contributed by atoms with Crippen LogP contribution in [0.4, 0.5) is 0 Å². The summed E-state index contributed by atoms with van der Waals surface area (Å²) in [5.74, 6) is 1.14. The van der Waals surface area contributed by atoms with Gasteiger partial charge in [0, 0.05) is 52.4 Å². The number of likely N-dealkylation sites (tertiary alicyclic amines) is 1. The van der Waals surface area contributed by atoms with E-state index in [1.54, 1.807) is 0 Å². The van der Waals surface area contributed by atoms with Crippen molar-refractivity contribution in [3.63, 3.8) is 0 Å². The lowest BCUT2D eigenvalue weighted by Crippen LogP contribution is -2.55. The van der Waals surface area contributed by atoms with Crippen LogP contribution >= 0.6 is 0 Å². The molecule has 28 heavy (non-hydrogen) atoms. The Bertz CT molecular complexity index is 513. The molecule has 160 valence electrons. The number of hydrogen-bond donors (Lipinski definition) is 1. The molecular formula is C21H39N5O2. The molecule has 3 saturated heterocycles. The van der Waals surface area contributed by atoms with Crippen LogP contribution in [0.25, 0.3) is 0 Å². The monoisotopic (exact) mass is 393 g/mol. The van der Waals surface area contributed by atoms with Crippen molar-refractivity contribution in [3.05, 3.63) is 0 Å². The number of ether oxygens (including phenoxy) is 1. The SMILES string of the molecule is CN=C(NCCCCN1CCCCC1C)N1CCN(C(=O)C2CCCO2)CC1. The van der Waals surface area contributed by atoms with E-state index in [0.29, 0.717) is 0 Å². The van der Waals surface area contributed by atoms with E-state index in [4.69, 9.17) is 4.74 Å². The van der Waals surface area contributed by atoms with Gasteiger partial charge >= 0.3 is 0 Å². The normalized spacial score (nSPS) is 27.3. The molecule has 3 heterocycles. The van der Waals surface area contributed by atoms with Gasteiger partial charge in [-0.3, -0.25) is 9.79 Å². The molecule has 2 unspecified atom stereocenters. The minimum Gasteiger partial charge on any atom is -0.368 e. The summed E-state index contributed by atoms with van der Waals surface area (Å²) in [6.45, 7) is 9.72. The number of aliphatic imine (C=N–C) groups is 1. The Labute approximate surface area is 170 Å². The summed E-state index contributed by atoms with van der Waals surface area (Å²) in [5, 5.41) is 3.52. The minimum absolute atomic E-state index is 0.173. The van der Waals surface area contributed by atoms with Crippen LogP contribution in [-0.4, -0.2) is 98.2 Å². The minimum atomic E-state index is -0.202. The van der Waals surface area contributed by atoms with Crippen molar-refractivity contribution in [2.45, 2.75) is 64.0 Å². The summed E-state index contributed by atoms with van der Waals surface area (Å²) in [6, 6.07) is 0.753. The molecule has 0 aliphatic carbocycles. The van der Waals surface area contributed by atoms with Gasteiger partial charge in [-0.25, -0.2) is 0 Å². The zero-order valence-corrected chi connectivity index (χ0v) is 17.9. The van der Waals surface area contributed by atoms with Crippen molar-refractivity contribution in [1.82, 2.24) is 20.0 Å². The number of rotatable bonds is 6. The summed E-state index contributed by atoms with van der Waals surface area (Å²) in [4.78, 5) is 23.8. The molecule has 7 nitrogen and oxygen atoms in total. The number of amides is 1. The predicted octanol–water partition coefficient (Wildman–Crippen LogP) is 1.54. The Morgan fingerprint density at radius 1 is 1.04 bits per heavy atom. The molecule has 7 heteroatoms. The summed E-state index contributed by atoms with van der Waals surface area (Å²) >= 11 is 0. The highest BCUT2D eigenvalue weighted by molar-refractivity contribution is 5.82. The van der Waals surface area contributed by atoms with Crippen LogP contribution in [0.2, 0.25) is 0 Å². The van der Waals surface area contributed by atoms with Crippen LogP contribution in [0.3, 0.4) is 0 Å². The lowest BCUT2D eigenvalue weighted by molar-refractivity contribution is -0.142. The van der Waals surface area contributed by atoms with Crippen LogP contribution in [0.5, 0.6) is 0 Å². The molecule has 0 aromatic heterocycles. The molecule has 3 rings (SSSR count). The van der Waals surface area contributed by atoms with Gasteiger partial charge in [0.2, 0.25) is 0 Å². The number of nitrogens with zero attached hydrogens (tertiary/aromatic N) is 4. The lowest BCUT2D eigenvalue weighted by Gasteiger charge is -2.37. The van der Waals surface area contributed by atoms with E-state index in [1.807, 2.05) is 11.9 Å². The van der Waals surface area contributed by atoms with Crippen molar-refractivity contribution in [1.29, 1.82) is 0 Å². The van der Waals surface area contributed by atoms with E-state index in [2.05, 4.69) is 27.0 Å². The Morgan fingerprint density at radius 3 is 2.50 bits per heavy atom. The first-order chi connectivity index (χ1) is 13.7. The molecule has 0 radical (unpaired) electrons. The quantitative estimate of drug-likeness (QED) is 0.421. The summed E-state index contributed by atoms with van der Waals surface area (Å²) in [6.07, 6.45) is 8.18. The number of piperazine rings is 1. The van der Waals surface area contributed by atoms with Gasteiger partial charge in [-0.2, -0.15) is 0 Å². The van der Waals surface area contributed by atoms with Crippen LogP contribution < -0.4 is 5.32 Å². The van der Waals surface area contributed by atoms with Gasteiger partial charge in [-0.15, -0.1) is 0 Å². The fourth-order valence-corrected chi connectivity index (χ4v) is 4.58. The zero-order valence-electron chi connectivity index (χ0n) is 17.9.